The third-order valence-corrected chi connectivity index (χ3v) is 7.36. The molecule has 168 valence electrons. The fourth-order valence-electron chi connectivity index (χ4n) is 4.09. The largest absolute Gasteiger partial charge is 0.476 e. The SMILES string of the molecule is C[C@H]1CC(C)(C)N2c3nc(-n4ccc(OCC(C)(C)C(F)(F)I)n4)ccc3C(=O)OC12. The summed E-state index contributed by atoms with van der Waals surface area (Å²) >= 11 is 1.12. The molecule has 2 aromatic heterocycles. The summed E-state index contributed by atoms with van der Waals surface area (Å²) in [7, 11) is 0. The Balaban J connectivity index is 1.61. The average molecular weight is 546 g/mol. The Morgan fingerprint density at radius 2 is 2.03 bits per heavy atom. The number of alkyl halides is 3. The van der Waals surface area contributed by atoms with Crippen molar-refractivity contribution < 1.29 is 23.0 Å². The number of anilines is 1. The smallest absolute Gasteiger partial charge is 0.343 e. The molecule has 2 aromatic rings. The summed E-state index contributed by atoms with van der Waals surface area (Å²) in [6.07, 6.45) is 2.16. The first-order chi connectivity index (χ1) is 14.3. The van der Waals surface area contributed by atoms with Crippen molar-refractivity contribution in [2.24, 2.45) is 11.3 Å². The van der Waals surface area contributed by atoms with E-state index in [2.05, 4.69) is 30.8 Å². The minimum atomic E-state index is -2.92. The Bertz CT molecular complexity index is 1020. The molecule has 0 amide bonds. The van der Waals surface area contributed by atoms with Gasteiger partial charge in [-0.25, -0.2) is 14.5 Å². The molecule has 1 unspecified atom stereocenters. The minimum absolute atomic E-state index is 0.182. The topological polar surface area (TPSA) is 69.5 Å². The van der Waals surface area contributed by atoms with Gasteiger partial charge in [0.1, 0.15) is 18.0 Å². The van der Waals surface area contributed by atoms with Gasteiger partial charge in [0.2, 0.25) is 5.88 Å². The highest BCUT2D eigenvalue weighted by Crippen LogP contribution is 2.45. The van der Waals surface area contributed by atoms with Gasteiger partial charge in [-0.15, -0.1) is 5.10 Å². The first kappa shape index (κ1) is 22.2. The summed E-state index contributed by atoms with van der Waals surface area (Å²) in [4.78, 5) is 19.3. The summed E-state index contributed by atoms with van der Waals surface area (Å²) in [5.41, 5.74) is -1.16. The van der Waals surface area contributed by atoms with Crippen LogP contribution < -0.4 is 9.64 Å². The van der Waals surface area contributed by atoms with E-state index in [9.17, 15) is 13.6 Å². The standard InChI is InChI=1S/C21H25F2IN4O3/c1-12-10-20(4,5)28-16-13(18(29)31-17(12)28)6-7-14(25-16)27-9-8-15(26-27)30-11-19(2,3)21(22,23)24/h6-9,12,17H,10-11H2,1-5H3/t12-,17?/m0/s1. The minimum Gasteiger partial charge on any atom is -0.476 e. The van der Waals surface area contributed by atoms with E-state index < -0.39 is 9.34 Å². The average Bonchev–Trinajstić information content (AvgIpc) is 3.21. The van der Waals surface area contributed by atoms with E-state index in [-0.39, 0.29) is 36.1 Å². The van der Waals surface area contributed by atoms with Gasteiger partial charge in [0.05, 0.1) is 5.41 Å². The second-order valence-corrected chi connectivity index (χ2v) is 10.8. The number of rotatable bonds is 5. The van der Waals surface area contributed by atoms with E-state index in [1.807, 2.05) is 0 Å². The Morgan fingerprint density at radius 1 is 1.32 bits per heavy atom. The molecule has 0 spiro atoms. The molecule has 0 bridgehead atoms. The second-order valence-electron chi connectivity index (χ2n) is 9.47. The van der Waals surface area contributed by atoms with Crippen molar-refractivity contribution in [2.45, 2.75) is 56.7 Å². The van der Waals surface area contributed by atoms with Gasteiger partial charge in [-0.3, -0.25) is 0 Å². The summed E-state index contributed by atoms with van der Waals surface area (Å²) in [6, 6.07) is 4.95. The van der Waals surface area contributed by atoms with Gasteiger partial charge in [-0.1, -0.05) is 6.92 Å². The van der Waals surface area contributed by atoms with Crippen LogP contribution in [0.5, 0.6) is 5.88 Å². The van der Waals surface area contributed by atoms with Crippen LogP contribution in [-0.2, 0) is 4.74 Å². The van der Waals surface area contributed by atoms with E-state index in [4.69, 9.17) is 14.5 Å². The molecule has 0 radical (unpaired) electrons. The lowest BCUT2D eigenvalue weighted by molar-refractivity contribution is -0.0272. The summed E-state index contributed by atoms with van der Waals surface area (Å²) in [5, 5.41) is 4.32. The molecule has 4 heterocycles. The number of esters is 1. The molecule has 0 N–H and O–H groups in total. The van der Waals surface area contributed by atoms with Crippen LogP contribution >= 0.6 is 22.6 Å². The molecule has 4 rings (SSSR count). The first-order valence-electron chi connectivity index (χ1n) is 10.1. The van der Waals surface area contributed by atoms with E-state index in [1.54, 1.807) is 24.4 Å². The van der Waals surface area contributed by atoms with Crippen LogP contribution in [-0.4, -0.2) is 43.0 Å². The predicted octanol–water partition coefficient (Wildman–Crippen LogP) is 4.82. The fourth-order valence-corrected chi connectivity index (χ4v) is 4.25. The van der Waals surface area contributed by atoms with E-state index in [1.165, 1.54) is 18.5 Å². The van der Waals surface area contributed by atoms with Gasteiger partial charge in [0, 0.05) is 23.7 Å². The zero-order valence-electron chi connectivity index (χ0n) is 18.0. The quantitative estimate of drug-likeness (QED) is 0.305. The van der Waals surface area contributed by atoms with Gasteiger partial charge in [0.15, 0.2) is 12.0 Å². The summed E-state index contributed by atoms with van der Waals surface area (Å²) in [6.45, 7) is 8.96. The Morgan fingerprint density at radius 3 is 2.71 bits per heavy atom. The van der Waals surface area contributed by atoms with Crippen molar-refractivity contribution >= 4 is 34.4 Å². The van der Waals surface area contributed by atoms with Crippen molar-refractivity contribution in [3.05, 3.63) is 30.0 Å². The molecule has 10 heteroatoms. The maximum Gasteiger partial charge on any atom is 0.343 e. The normalized spacial score (nSPS) is 22.7. The van der Waals surface area contributed by atoms with Crippen LogP contribution in [0.1, 0.15) is 51.4 Å². The van der Waals surface area contributed by atoms with Crippen molar-refractivity contribution in [2.75, 3.05) is 11.5 Å². The maximum atomic E-state index is 13.7. The molecular formula is C21H25F2IN4O3. The molecule has 1 fully saturated rings. The number of hydrogen-bond donors (Lipinski definition) is 0. The first-order valence-corrected chi connectivity index (χ1v) is 11.1. The van der Waals surface area contributed by atoms with Gasteiger partial charge >= 0.3 is 9.90 Å². The molecule has 0 saturated carbocycles. The number of pyridine rings is 1. The zero-order chi connectivity index (χ0) is 22.8. The third-order valence-electron chi connectivity index (χ3n) is 5.90. The van der Waals surface area contributed by atoms with Crippen LogP contribution in [0.3, 0.4) is 0 Å². The van der Waals surface area contributed by atoms with Crippen molar-refractivity contribution in [3.8, 4) is 11.7 Å². The Hall–Kier alpha value is -1.98. The van der Waals surface area contributed by atoms with Crippen LogP contribution in [0.2, 0.25) is 0 Å². The fraction of sp³-hybridized carbons (Fsp3) is 0.571. The maximum absolute atomic E-state index is 13.7. The number of carbonyl (C=O) groups excluding carboxylic acids is 1. The number of ether oxygens (including phenoxy) is 2. The molecule has 2 aliphatic rings. The van der Waals surface area contributed by atoms with Crippen LogP contribution in [0.15, 0.2) is 24.4 Å². The lowest BCUT2D eigenvalue weighted by atomic mass is 9.96. The van der Waals surface area contributed by atoms with E-state index in [0.717, 1.165) is 29.0 Å². The van der Waals surface area contributed by atoms with Gasteiger partial charge in [-0.2, -0.15) is 8.78 Å². The van der Waals surface area contributed by atoms with Gasteiger partial charge < -0.3 is 14.4 Å². The lowest BCUT2D eigenvalue weighted by Crippen LogP contribution is -2.49. The number of fused-ring (bicyclic) bond motifs is 3. The van der Waals surface area contributed by atoms with Crippen LogP contribution in [0.25, 0.3) is 5.82 Å². The summed E-state index contributed by atoms with van der Waals surface area (Å²) in [5.74, 6) is 1.08. The Kier molecular flexibility index (Phi) is 5.22. The highest BCUT2D eigenvalue weighted by Gasteiger charge is 2.51. The number of carbonyl (C=O) groups is 1. The predicted molar refractivity (Wildman–Crippen MR) is 119 cm³/mol. The van der Waals surface area contributed by atoms with Crippen molar-refractivity contribution in [3.63, 3.8) is 0 Å². The second kappa shape index (κ2) is 7.28. The Labute approximate surface area is 193 Å². The van der Waals surface area contributed by atoms with E-state index in [0.29, 0.717) is 17.2 Å². The monoisotopic (exact) mass is 546 g/mol. The highest BCUT2D eigenvalue weighted by atomic mass is 127. The molecule has 1 saturated heterocycles. The van der Waals surface area contributed by atoms with Crippen LogP contribution in [0.4, 0.5) is 14.6 Å². The van der Waals surface area contributed by atoms with Crippen molar-refractivity contribution in [1.82, 2.24) is 14.8 Å². The third kappa shape index (κ3) is 3.87. The zero-order valence-corrected chi connectivity index (χ0v) is 20.2. The molecule has 0 aliphatic carbocycles. The number of halogens is 3. The lowest BCUT2D eigenvalue weighted by Gasteiger charge is -2.40. The van der Waals surface area contributed by atoms with E-state index >= 15 is 0 Å². The molecule has 7 nitrogen and oxygen atoms in total. The highest BCUT2D eigenvalue weighted by molar-refractivity contribution is 14.1. The molecular weight excluding hydrogens is 521 g/mol. The van der Waals surface area contributed by atoms with Gasteiger partial charge in [0.25, 0.3) is 0 Å². The number of hydrogen-bond acceptors (Lipinski definition) is 6. The number of nitrogens with zero attached hydrogens (tertiary/aromatic N) is 4. The van der Waals surface area contributed by atoms with Crippen molar-refractivity contribution in [1.29, 1.82) is 0 Å². The number of aromatic nitrogens is 3. The molecule has 2 atom stereocenters. The summed E-state index contributed by atoms with van der Waals surface area (Å²) < 4.78 is 37.2. The molecule has 2 aliphatic heterocycles. The molecule has 31 heavy (non-hydrogen) atoms. The molecule has 0 aromatic carbocycles. The van der Waals surface area contributed by atoms with Gasteiger partial charge in [-0.05, 0) is 68.8 Å². The van der Waals surface area contributed by atoms with Crippen LogP contribution in [0, 0.1) is 11.3 Å².